The van der Waals surface area contributed by atoms with Gasteiger partial charge in [0.15, 0.2) is 5.56 Å². The van der Waals surface area contributed by atoms with E-state index in [0.717, 1.165) is 9.13 Å². The summed E-state index contributed by atoms with van der Waals surface area (Å²) >= 11 is 0. The minimum absolute atomic E-state index is 0.0876. The summed E-state index contributed by atoms with van der Waals surface area (Å²) < 4.78 is 18.3. The Morgan fingerprint density at radius 2 is 1.19 bits per heavy atom. The van der Waals surface area contributed by atoms with Crippen molar-refractivity contribution in [3.63, 3.8) is 0 Å². The Balaban J connectivity index is 1.37. The molecular formula is C35H39N3O10. The maximum absolute atomic E-state index is 14.0. The van der Waals surface area contributed by atoms with E-state index in [1.165, 1.54) is 0 Å². The number of nitrogens with one attached hydrogen (secondary N) is 1. The van der Waals surface area contributed by atoms with Gasteiger partial charge in [0.2, 0.25) is 5.88 Å². The van der Waals surface area contributed by atoms with E-state index in [-0.39, 0.29) is 6.61 Å². The third kappa shape index (κ3) is 7.84. The zero-order valence-corrected chi connectivity index (χ0v) is 26.7. The molecule has 0 aliphatic heterocycles. The zero-order valence-electron chi connectivity index (χ0n) is 26.7. The number of carbonyl (C=O) groups is 4. The summed E-state index contributed by atoms with van der Waals surface area (Å²) in [6, 6.07) is 15.9. The predicted octanol–water partition coefficient (Wildman–Crippen LogP) is 3.69. The number of hydrogen-bond acceptors (Lipinski definition) is 10. The lowest BCUT2D eigenvalue weighted by Crippen LogP contribution is -2.48. The normalized spacial score (nSPS) is 20.7. The van der Waals surface area contributed by atoms with Gasteiger partial charge in [-0.3, -0.25) is 23.5 Å². The molecule has 13 nitrogen and oxygen atoms in total. The van der Waals surface area contributed by atoms with Gasteiger partial charge in [-0.1, -0.05) is 36.4 Å². The van der Waals surface area contributed by atoms with Gasteiger partial charge >= 0.3 is 23.6 Å². The first kappa shape index (κ1) is 34.1. The van der Waals surface area contributed by atoms with E-state index in [2.05, 4.69) is 5.32 Å². The maximum atomic E-state index is 14.0. The average molecular weight is 662 g/mol. The first-order chi connectivity index (χ1) is 23.2. The second kappa shape index (κ2) is 15.6. The van der Waals surface area contributed by atoms with E-state index in [1.807, 2.05) is 0 Å². The molecule has 0 saturated heterocycles. The first-order valence-corrected chi connectivity index (χ1v) is 16.2. The van der Waals surface area contributed by atoms with Crippen LogP contribution in [0.1, 0.15) is 101 Å². The zero-order chi connectivity index (χ0) is 34.2. The van der Waals surface area contributed by atoms with Gasteiger partial charge < -0.3 is 24.6 Å². The van der Waals surface area contributed by atoms with Crippen LogP contribution in [-0.2, 0) is 19.0 Å². The molecule has 2 aliphatic carbocycles. The van der Waals surface area contributed by atoms with Gasteiger partial charge in [-0.2, -0.15) is 0 Å². The van der Waals surface area contributed by atoms with Crippen LogP contribution in [0.15, 0.2) is 70.3 Å². The highest BCUT2D eigenvalue weighted by Crippen LogP contribution is 2.34. The topological polar surface area (TPSA) is 172 Å². The molecular weight excluding hydrogens is 622 g/mol. The minimum Gasteiger partial charge on any atom is -0.494 e. The van der Waals surface area contributed by atoms with Crippen molar-refractivity contribution in [1.82, 2.24) is 14.5 Å². The third-order valence-corrected chi connectivity index (χ3v) is 8.81. The lowest BCUT2D eigenvalue weighted by Gasteiger charge is -2.33. The van der Waals surface area contributed by atoms with Crippen molar-refractivity contribution < 1.29 is 38.5 Å². The van der Waals surface area contributed by atoms with E-state index in [4.69, 9.17) is 14.2 Å². The van der Waals surface area contributed by atoms with Crippen molar-refractivity contribution >= 4 is 23.8 Å². The summed E-state index contributed by atoms with van der Waals surface area (Å²) in [6.07, 6.45) is 1.93. The molecule has 3 aromatic rings. The fraction of sp³-hybridized carbons (Fsp3) is 0.429. The van der Waals surface area contributed by atoms with Crippen LogP contribution in [0.3, 0.4) is 0 Å². The largest absolute Gasteiger partial charge is 0.494 e. The summed E-state index contributed by atoms with van der Waals surface area (Å²) in [5, 5.41) is 13.6. The quantitative estimate of drug-likeness (QED) is 0.241. The van der Waals surface area contributed by atoms with Crippen LogP contribution in [0.2, 0.25) is 0 Å². The number of benzene rings is 2. The smallest absolute Gasteiger partial charge is 0.338 e. The summed E-state index contributed by atoms with van der Waals surface area (Å²) in [5.41, 5.74) is -1.57. The van der Waals surface area contributed by atoms with Gasteiger partial charge in [-0.05, 0) is 82.6 Å². The summed E-state index contributed by atoms with van der Waals surface area (Å²) in [5.74, 6) is -3.47. The van der Waals surface area contributed by atoms with Crippen LogP contribution in [0, 0.1) is 0 Å². The monoisotopic (exact) mass is 661 g/mol. The second-order valence-corrected chi connectivity index (χ2v) is 11.9. The maximum Gasteiger partial charge on any atom is 0.338 e. The lowest BCUT2D eigenvalue weighted by atomic mass is 9.91. The molecule has 254 valence electrons. The number of aromatic hydroxyl groups is 1. The first-order valence-electron chi connectivity index (χ1n) is 16.2. The molecule has 2 aliphatic rings. The van der Waals surface area contributed by atoms with Gasteiger partial charge in [0.1, 0.15) is 18.8 Å². The Labute approximate surface area is 276 Å². The summed E-state index contributed by atoms with van der Waals surface area (Å²) in [6.45, 7) is 1.15. The number of carbonyl (C=O) groups excluding carboxylic acids is 4. The van der Waals surface area contributed by atoms with E-state index in [9.17, 15) is 33.9 Å². The number of hydrogen-bond donors (Lipinski definition) is 2. The summed E-state index contributed by atoms with van der Waals surface area (Å²) in [7, 11) is 0. The molecule has 1 aromatic heterocycles. The van der Waals surface area contributed by atoms with Crippen LogP contribution >= 0.6 is 0 Å². The molecule has 1 heterocycles. The van der Waals surface area contributed by atoms with Crippen molar-refractivity contribution in [2.75, 3.05) is 13.2 Å². The van der Waals surface area contributed by atoms with Crippen LogP contribution in [-0.4, -0.2) is 63.4 Å². The molecule has 13 heteroatoms. The lowest BCUT2D eigenvalue weighted by molar-refractivity contribution is -0.141. The van der Waals surface area contributed by atoms with E-state index < -0.39 is 77.3 Å². The summed E-state index contributed by atoms with van der Waals surface area (Å²) in [4.78, 5) is 78.2. The van der Waals surface area contributed by atoms with Crippen LogP contribution in [0.25, 0.3) is 0 Å². The molecule has 0 bridgehead atoms. The molecule has 2 saturated carbocycles. The number of rotatable bonds is 10. The molecule has 0 atom stereocenters. The Morgan fingerprint density at radius 1 is 0.729 bits per heavy atom. The fourth-order valence-electron chi connectivity index (χ4n) is 6.36. The Hall–Kier alpha value is -5.20. The van der Waals surface area contributed by atoms with E-state index >= 15 is 0 Å². The van der Waals surface area contributed by atoms with Crippen molar-refractivity contribution in [3.8, 4) is 5.88 Å². The van der Waals surface area contributed by atoms with Gasteiger partial charge in [-0.15, -0.1) is 0 Å². The van der Waals surface area contributed by atoms with Crippen LogP contribution < -0.4 is 16.6 Å². The molecule has 2 N–H and O–H groups in total. The highest BCUT2D eigenvalue weighted by Gasteiger charge is 2.35. The van der Waals surface area contributed by atoms with Gasteiger partial charge in [-0.25, -0.2) is 14.4 Å². The molecule has 0 spiro atoms. The van der Waals surface area contributed by atoms with Gasteiger partial charge in [0.05, 0.1) is 17.7 Å². The predicted molar refractivity (Wildman–Crippen MR) is 172 cm³/mol. The van der Waals surface area contributed by atoms with Crippen molar-refractivity contribution in [1.29, 1.82) is 0 Å². The standard InChI is InChI=1S/C35H39N3O10/c1-2-46-28(39)21-36-30(40)29-31(41)37(24-13-17-26(18-14-24)47-33(43)22-9-5-3-6-10-22)35(45)38(32(29)42)25-15-19-27(20-16-25)48-34(44)23-11-7-4-8-12-23/h3-12,24-27,41H,2,13-21H2,1H3,(H,36,40). The highest BCUT2D eigenvalue weighted by molar-refractivity contribution is 5.97. The Morgan fingerprint density at radius 3 is 1.65 bits per heavy atom. The molecule has 0 radical (unpaired) electrons. The van der Waals surface area contributed by atoms with Gasteiger partial charge in [0, 0.05) is 12.1 Å². The SMILES string of the molecule is CCOC(=O)CNC(=O)c1c(O)n(C2CCC(OC(=O)c3ccccc3)CC2)c(=O)n(C2CCC(OC(=O)c3ccccc3)CC2)c1=O. The molecule has 5 rings (SSSR count). The average Bonchev–Trinajstić information content (AvgIpc) is 3.09. The molecule has 1 amide bonds. The number of aromatic nitrogens is 2. The highest BCUT2D eigenvalue weighted by atomic mass is 16.5. The fourth-order valence-corrected chi connectivity index (χ4v) is 6.36. The molecule has 0 unspecified atom stereocenters. The number of amides is 1. The Bertz CT molecular complexity index is 1740. The number of esters is 3. The number of nitrogens with zero attached hydrogens (tertiary/aromatic N) is 2. The van der Waals surface area contributed by atoms with Gasteiger partial charge in [0.25, 0.3) is 11.5 Å². The van der Waals surface area contributed by atoms with E-state index in [0.29, 0.717) is 62.5 Å². The third-order valence-electron chi connectivity index (χ3n) is 8.81. The second-order valence-electron chi connectivity index (χ2n) is 11.9. The van der Waals surface area contributed by atoms with Crippen molar-refractivity contribution in [2.24, 2.45) is 0 Å². The van der Waals surface area contributed by atoms with Crippen LogP contribution in [0.5, 0.6) is 5.88 Å². The van der Waals surface area contributed by atoms with E-state index in [1.54, 1.807) is 67.6 Å². The molecule has 2 fully saturated rings. The van der Waals surface area contributed by atoms with Crippen molar-refractivity contribution in [2.45, 2.75) is 82.6 Å². The number of ether oxygens (including phenoxy) is 3. The molecule has 48 heavy (non-hydrogen) atoms. The van der Waals surface area contributed by atoms with Crippen molar-refractivity contribution in [3.05, 3.63) is 98.2 Å². The Kier molecular flexibility index (Phi) is 11.1. The minimum atomic E-state index is -1.02. The van der Waals surface area contributed by atoms with Crippen LogP contribution in [0.4, 0.5) is 0 Å². The molecule has 2 aromatic carbocycles.